The molecule has 4 nitrogen and oxygen atoms in total. The minimum Gasteiger partial charge on any atom is -0.495 e. The van der Waals surface area contributed by atoms with Crippen LogP contribution in [0.1, 0.15) is 10.4 Å². The predicted molar refractivity (Wildman–Crippen MR) is 63.4 cm³/mol. The molecule has 86 valence electrons. The third-order valence-electron chi connectivity index (χ3n) is 1.81. The lowest BCUT2D eigenvalue weighted by Gasteiger charge is -1.92. The molecule has 0 unspecified atom stereocenters. The molecule has 2 N–H and O–H groups in total. The Labute approximate surface area is 100 Å². The Morgan fingerprint density at radius 3 is 2.41 bits per heavy atom. The van der Waals surface area contributed by atoms with Crippen molar-refractivity contribution >= 4 is 5.91 Å². The van der Waals surface area contributed by atoms with Crippen molar-refractivity contribution in [3.63, 3.8) is 0 Å². The van der Waals surface area contributed by atoms with Crippen LogP contribution in [0.5, 0.6) is 5.75 Å². The third kappa shape index (κ3) is 4.79. The zero-order valence-corrected chi connectivity index (χ0v) is 9.38. The van der Waals surface area contributed by atoms with Gasteiger partial charge in [-0.3, -0.25) is 9.78 Å². The molecule has 0 aliphatic heterocycles. The molecule has 0 atom stereocenters. The summed E-state index contributed by atoms with van der Waals surface area (Å²) in [5.41, 5.74) is 5.48. The number of hydrogen-bond acceptors (Lipinski definition) is 3. The van der Waals surface area contributed by atoms with Crippen molar-refractivity contribution in [3.05, 3.63) is 60.4 Å². The Hall–Kier alpha value is -2.36. The number of nitrogens with zero attached hydrogens (tertiary/aromatic N) is 1. The van der Waals surface area contributed by atoms with Crippen LogP contribution in [0.4, 0.5) is 0 Å². The minimum absolute atomic E-state index is 0.399. The van der Waals surface area contributed by atoms with Gasteiger partial charge in [0.25, 0.3) is 0 Å². The van der Waals surface area contributed by atoms with Gasteiger partial charge in [-0.1, -0.05) is 12.1 Å². The standard InChI is InChI=1S/C7H6NO.C6H6NO/c8-7(9)6-4-2-1-3-5-6;1-8-6-3-2-4-7-5-6/h2-5H,(H2,8,9);3-5H,1H3. The molecule has 0 fully saturated rings. The van der Waals surface area contributed by atoms with Crippen LogP contribution in [0.25, 0.3) is 0 Å². The van der Waals surface area contributed by atoms with Crippen LogP contribution < -0.4 is 10.5 Å². The van der Waals surface area contributed by atoms with E-state index in [2.05, 4.69) is 17.1 Å². The van der Waals surface area contributed by atoms with Gasteiger partial charge in [0, 0.05) is 17.8 Å². The molecule has 0 aliphatic rings. The van der Waals surface area contributed by atoms with E-state index in [4.69, 9.17) is 10.5 Å². The van der Waals surface area contributed by atoms with E-state index >= 15 is 0 Å². The molecule has 1 aromatic heterocycles. The number of aromatic nitrogens is 1. The monoisotopic (exact) mass is 228 g/mol. The molecular formula is C13H12N2O2. The molecule has 0 saturated heterocycles. The lowest BCUT2D eigenvalue weighted by molar-refractivity contribution is 0.100. The highest BCUT2D eigenvalue weighted by Gasteiger charge is 1.93. The van der Waals surface area contributed by atoms with Crippen molar-refractivity contribution in [3.8, 4) is 5.75 Å². The van der Waals surface area contributed by atoms with E-state index in [9.17, 15) is 4.79 Å². The van der Waals surface area contributed by atoms with Crippen molar-refractivity contribution in [2.45, 2.75) is 0 Å². The average Bonchev–Trinajstić information content (AvgIpc) is 2.41. The van der Waals surface area contributed by atoms with Gasteiger partial charge in [-0.15, -0.1) is 0 Å². The number of ether oxygens (including phenoxy) is 1. The Bertz CT molecular complexity index is 443. The summed E-state index contributed by atoms with van der Waals surface area (Å²) in [5.74, 6) is 0.344. The molecule has 2 aromatic rings. The maximum absolute atomic E-state index is 10.4. The lowest BCUT2D eigenvalue weighted by Crippen LogP contribution is -2.09. The fraction of sp³-hybridized carbons (Fsp3) is 0.0769. The number of benzene rings is 1. The number of amides is 1. The molecule has 4 heteroatoms. The molecule has 17 heavy (non-hydrogen) atoms. The summed E-state index contributed by atoms with van der Waals surface area (Å²) in [6.45, 7) is 0. The second-order valence-corrected chi connectivity index (χ2v) is 2.98. The lowest BCUT2D eigenvalue weighted by atomic mass is 10.2. The normalized spacial score (nSPS) is 8.76. The average molecular weight is 228 g/mol. The fourth-order valence-electron chi connectivity index (χ4n) is 0.973. The van der Waals surface area contributed by atoms with Gasteiger partial charge in [0.1, 0.15) is 5.75 Å². The van der Waals surface area contributed by atoms with Gasteiger partial charge in [0.05, 0.1) is 13.3 Å². The number of carbonyl (C=O) groups excluding carboxylic acids is 1. The summed E-state index contributed by atoms with van der Waals surface area (Å²) in [5, 5.41) is 0. The van der Waals surface area contributed by atoms with E-state index in [1.54, 1.807) is 49.8 Å². The highest BCUT2D eigenvalue weighted by molar-refractivity contribution is 5.92. The second-order valence-electron chi connectivity index (χ2n) is 2.98. The first-order valence-corrected chi connectivity index (χ1v) is 4.85. The van der Waals surface area contributed by atoms with Crippen molar-refractivity contribution in [1.82, 2.24) is 4.98 Å². The zero-order valence-electron chi connectivity index (χ0n) is 9.38. The molecule has 0 aliphatic carbocycles. The van der Waals surface area contributed by atoms with Gasteiger partial charge in [-0.05, 0) is 24.3 Å². The van der Waals surface area contributed by atoms with Gasteiger partial charge < -0.3 is 10.5 Å². The Morgan fingerprint density at radius 1 is 1.35 bits per heavy atom. The van der Waals surface area contributed by atoms with Gasteiger partial charge in [0.15, 0.2) is 0 Å². The predicted octanol–water partition coefficient (Wildman–Crippen LogP) is 1.48. The topological polar surface area (TPSA) is 65.2 Å². The van der Waals surface area contributed by atoms with Crippen LogP contribution in [-0.2, 0) is 0 Å². The van der Waals surface area contributed by atoms with Gasteiger partial charge >= 0.3 is 0 Å². The van der Waals surface area contributed by atoms with Crippen molar-refractivity contribution in [2.24, 2.45) is 5.73 Å². The number of primary amides is 1. The van der Waals surface area contributed by atoms with Crippen LogP contribution in [-0.4, -0.2) is 18.0 Å². The molecule has 1 aromatic carbocycles. The zero-order chi connectivity index (χ0) is 12.5. The molecular weight excluding hydrogens is 216 g/mol. The molecule has 2 radical (unpaired) electrons. The van der Waals surface area contributed by atoms with E-state index in [0.717, 1.165) is 5.75 Å². The van der Waals surface area contributed by atoms with E-state index in [1.165, 1.54) is 0 Å². The molecule has 1 amide bonds. The number of carbonyl (C=O) groups is 1. The van der Waals surface area contributed by atoms with Gasteiger partial charge in [-0.2, -0.15) is 0 Å². The summed E-state index contributed by atoms with van der Waals surface area (Å²) >= 11 is 0. The Balaban J connectivity index is 0.000000171. The van der Waals surface area contributed by atoms with Gasteiger partial charge in [-0.25, -0.2) is 0 Å². The maximum Gasteiger partial charge on any atom is 0.248 e. The largest absolute Gasteiger partial charge is 0.495 e. The summed E-state index contributed by atoms with van der Waals surface area (Å²) in [4.78, 5) is 14.2. The number of hydrogen-bond donors (Lipinski definition) is 1. The first-order chi connectivity index (χ1) is 8.24. The van der Waals surface area contributed by atoms with Crippen LogP contribution in [0.2, 0.25) is 0 Å². The highest BCUT2D eigenvalue weighted by atomic mass is 16.5. The van der Waals surface area contributed by atoms with Crippen molar-refractivity contribution < 1.29 is 9.53 Å². The molecule has 2 rings (SSSR count). The number of rotatable bonds is 2. The van der Waals surface area contributed by atoms with E-state index in [1.807, 2.05) is 0 Å². The molecule has 0 bridgehead atoms. The Morgan fingerprint density at radius 2 is 2.06 bits per heavy atom. The number of nitrogens with two attached hydrogens (primary N) is 1. The maximum atomic E-state index is 10.4. The van der Waals surface area contributed by atoms with Gasteiger partial charge in [0.2, 0.25) is 5.91 Å². The number of pyridine rings is 1. The second kappa shape index (κ2) is 7.00. The van der Waals surface area contributed by atoms with Crippen LogP contribution in [0.3, 0.4) is 0 Å². The summed E-state index contributed by atoms with van der Waals surface area (Å²) in [7, 11) is 1.60. The van der Waals surface area contributed by atoms with E-state index in [0.29, 0.717) is 5.56 Å². The smallest absolute Gasteiger partial charge is 0.248 e. The summed E-state index contributed by atoms with van der Waals surface area (Å²) in [6.07, 6.45) is 3.22. The van der Waals surface area contributed by atoms with Crippen LogP contribution in [0, 0.1) is 12.1 Å². The van der Waals surface area contributed by atoms with E-state index < -0.39 is 5.91 Å². The first kappa shape index (κ1) is 12.7. The van der Waals surface area contributed by atoms with Crippen LogP contribution >= 0.6 is 0 Å². The summed E-state index contributed by atoms with van der Waals surface area (Å²) < 4.78 is 4.82. The highest BCUT2D eigenvalue weighted by Crippen LogP contribution is 2.02. The Kier molecular flexibility index (Phi) is 5.24. The van der Waals surface area contributed by atoms with E-state index in [-0.39, 0.29) is 0 Å². The van der Waals surface area contributed by atoms with Crippen LogP contribution in [0.15, 0.2) is 42.7 Å². The first-order valence-electron chi connectivity index (χ1n) is 4.85. The van der Waals surface area contributed by atoms with Crippen molar-refractivity contribution in [2.75, 3.05) is 7.11 Å². The van der Waals surface area contributed by atoms with Crippen molar-refractivity contribution in [1.29, 1.82) is 0 Å². The summed E-state index contributed by atoms with van der Waals surface area (Å²) in [6, 6.07) is 13.8. The minimum atomic E-state index is -0.399. The molecule has 1 heterocycles. The molecule has 0 spiro atoms. The number of methoxy groups -OCH3 is 1. The SMILES string of the molecule is COc1c[c]cnc1.NC(=O)c1cc[c]cc1. The fourth-order valence-corrected chi connectivity index (χ4v) is 0.973. The third-order valence-corrected chi connectivity index (χ3v) is 1.81. The molecule has 0 saturated carbocycles. The quantitative estimate of drug-likeness (QED) is 0.846.